The molecule has 0 aliphatic heterocycles. The summed E-state index contributed by atoms with van der Waals surface area (Å²) < 4.78 is 12.8. The number of allylic oxidation sites excluding steroid dienone is 1. The number of benzene rings is 1. The van der Waals surface area contributed by atoms with Crippen LogP contribution in [-0.2, 0) is 0 Å². The topological polar surface area (TPSA) is 26.0 Å². The van der Waals surface area contributed by atoms with Crippen molar-refractivity contribution in [1.29, 1.82) is 0 Å². The van der Waals surface area contributed by atoms with Crippen molar-refractivity contribution in [3.05, 3.63) is 41.7 Å². The second-order valence-corrected chi connectivity index (χ2v) is 4.77. The number of hydrogen-bond donors (Lipinski definition) is 1. The predicted octanol–water partition coefficient (Wildman–Crippen LogP) is 3.21. The highest BCUT2D eigenvalue weighted by atomic mass is 32.2. The molecule has 0 saturated heterocycles. The molecule has 82 valence electrons. The first-order chi connectivity index (χ1) is 7.08. The Balaban J connectivity index is 2.47. The summed E-state index contributed by atoms with van der Waals surface area (Å²) in [5.41, 5.74) is 7.08. The average molecular weight is 225 g/mol. The van der Waals surface area contributed by atoms with Gasteiger partial charge in [0.1, 0.15) is 5.82 Å². The van der Waals surface area contributed by atoms with E-state index in [9.17, 15) is 4.39 Å². The molecule has 1 atom stereocenters. The summed E-state index contributed by atoms with van der Waals surface area (Å²) in [6.07, 6.45) is 2.02. The minimum atomic E-state index is -0.198. The van der Waals surface area contributed by atoms with Crippen molar-refractivity contribution in [2.24, 2.45) is 5.73 Å². The molecule has 1 aromatic carbocycles. The lowest BCUT2D eigenvalue weighted by atomic mass is 10.2. The maximum atomic E-state index is 12.8. The first kappa shape index (κ1) is 12.3. The second kappa shape index (κ2) is 5.93. The van der Waals surface area contributed by atoms with E-state index < -0.39 is 0 Å². The van der Waals surface area contributed by atoms with Gasteiger partial charge >= 0.3 is 0 Å². The predicted molar refractivity (Wildman–Crippen MR) is 64.5 cm³/mol. The number of thioether (sulfide) groups is 1. The van der Waals surface area contributed by atoms with Crippen LogP contribution in [0.5, 0.6) is 0 Å². The molecule has 1 unspecified atom stereocenters. The van der Waals surface area contributed by atoms with E-state index in [4.69, 9.17) is 5.73 Å². The first-order valence-corrected chi connectivity index (χ1v) is 5.85. The molecule has 0 radical (unpaired) electrons. The van der Waals surface area contributed by atoms with Crippen molar-refractivity contribution in [3.63, 3.8) is 0 Å². The highest BCUT2D eigenvalue weighted by Crippen LogP contribution is 2.19. The standard InChI is InChI=1S/C12H16FNS/c1-9(2)6-11(14)8-15-12-5-3-4-10(13)7-12/h3-7,11H,8,14H2,1-2H3. The van der Waals surface area contributed by atoms with Crippen LogP contribution in [0.3, 0.4) is 0 Å². The van der Waals surface area contributed by atoms with Gasteiger partial charge in [-0.2, -0.15) is 0 Å². The Bertz CT molecular complexity index is 345. The Morgan fingerprint density at radius 1 is 1.53 bits per heavy atom. The molecule has 0 fully saturated rings. The fourth-order valence-corrected chi connectivity index (χ4v) is 2.08. The number of nitrogens with two attached hydrogens (primary N) is 1. The molecule has 0 amide bonds. The van der Waals surface area contributed by atoms with E-state index in [0.717, 1.165) is 10.6 Å². The van der Waals surface area contributed by atoms with E-state index in [2.05, 4.69) is 0 Å². The van der Waals surface area contributed by atoms with E-state index in [1.807, 2.05) is 26.0 Å². The number of hydrogen-bond acceptors (Lipinski definition) is 2. The summed E-state index contributed by atoms with van der Waals surface area (Å²) in [6.45, 7) is 4.04. The van der Waals surface area contributed by atoms with Crippen molar-refractivity contribution in [2.45, 2.75) is 24.8 Å². The normalized spacial score (nSPS) is 12.3. The van der Waals surface area contributed by atoms with Crippen LogP contribution in [0.25, 0.3) is 0 Å². The molecule has 0 aromatic heterocycles. The fourth-order valence-electron chi connectivity index (χ4n) is 1.23. The lowest BCUT2D eigenvalue weighted by molar-refractivity contribution is 0.624. The Labute approximate surface area is 94.6 Å². The van der Waals surface area contributed by atoms with Crippen LogP contribution in [-0.4, -0.2) is 11.8 Å². The number of halogens is 1. The summed E-state index contributed by atoms with van der Waals surface area (Å²) in [7, 11) is 0. The van der Waals surface area contributed by atoms with Crippen molar-refractivity contribution in [3.8, 4) is 0 Å². The molecule has 1 aromatic rings. The van der Waals surface area contributed by atoms with Gasteiger partial charge in [-0.3, -0.25) is 0 Å². The zero-order valence-corrected chi connectivity index (χ0v) is 9.85. The van der Waals surface area contributed by atoms with Crippen LogP contribution < -0.4 is 5.73 Å². The van der Waals surface area contributed by atoms with Crippen LogP contribution >= 0.6 is 11.8 Å². The van der Waals surface area contributed by atoms with E-state index in [-0.39, 0.29) is 11.9 Å². The SMILES string of the molecule is CC(C)=CC(N)CSc1cccc(F)c1. The quantitative estimate of drug-likeness (QED) is 0.629. The van der Waals surface area contributed by atoms with Crippen molar-refractivity contribution >= 4 is 11.8 Å². The van der Waals surface area contributed by atoms with Gasteiger partial charge in [-0.15, -0.1) is 11.8 Å². The molecule has 0 spiro atoms. The molecule has 1 nitrogen and oxygen atoms in total. The zero-order valence-electron chi connectivity index (χ0n) is 9.03. The lowest BCUT2D eigenvalue weighted by Gasteiger charge is -2.07. The summed E-state index contributed by atoms with van der Waals surface area (Å²) >= 11 is 1.58. The largest absolute Gasteiger partial charge is 0.324 e. The van der Waals surface area contributed by atoms with Crippen LogP contribution in [0, 0.1) is 5.82 Å². The molecule has 2 N–H and O–H groups in total. The lowest BCUT2D eigenvalue weighted by Crippen LogP contribution is -2.20. The van der Waals surface area contributed by atoms with E-state index in [1.165, 1.54) is 17.7 Å². The second-order valence-electron chi connectivity index (χ2n) is 3.68. The molecule has 0 aliphatic carbocycles. The molecular weight excluding hydrogens is 209 g/mol. The van der Waals surface area contributed by atoms with Gasteiger partial charge in [0.25, 0.3) is 0 Å². The first-order valence-electron chi connectivity index (χ1n) is 4.87. The summed E-state index contributed by atoms with van der Waals surface area (Å²) in [5, 5.41) is 0. The van der Waals surface area contributed by atoms with Gasteiger partial charge in [0.15, 0.2) is 0 Å². The molecule has 1 rings (SSSR count). The summed E-state index contributed by atoms with van der Waals surface area (Å²) in [4.78, 5) is 0.924. The summed E-state index contributed by atoms with van der Waals surface area (Å²) in [5.74, 6) is 0.574. The molecular formula is C12H16FNS. The van der Waals surface area contributed by atoms with E-state index in [1.54, 1.807) is 17.8 Å². The van der Waals surface area contributed by atoms with Gasteiger partial charge in [-0.1, -0.05) is 17.7 Å². The van der Waals surface area contributed by atoms with Crippen molar-refractivity contribution in [1.82, 2.24) is 0 Å². The minimum Gasteiger partial charge on any atom is -0.324 e. The fraction of sp³-hybridized carbons (Fsp3) is 0.333. The molecule has 0 saturated carbocycles. The molecule has 0 heterocycles. The minimum absolute atomic E-state index is 0.0308. The van der Waals surface area contributed by atoms with E-state index in [0.29, 0.717) is 0 Å². The van der Waals surface area contributed by atoms with Crippen LogP contribution in [0.4, 0.5) is 4.39 Å². The smallest absolute Gasteiger partial charge is 0.124 e. The van der Waals surface area contributed by atoms with Crippen LogP contribution in [0.15, 0.2) is 40.8 Å². The summed E-state index contributed by atoms with van der Waals surface area (Å²) in [6, 6.07) is 6.61. The molecule has 3 heteroatoms. The highest BCUT2D eigenvalue weighted by molar-refractivity contribution is 7.99. The molecule has 15 heavy (non-hydrogen) atoms. The van der Waals surface area contributed by atoms with E-state index >= 15 is 0 Å². The zero-order chi connectivity index (χ0) is 11.3. The van der Waals surface area contributed by atoms with Gasteiger partial charge in [0, 0.05) is 16.7 Å². The van der Waals surface area contributed by atoms with Crippen LogP contribution in [0.1, 0.15) is 13.8 Å². The maximum absolute atomic E-state index is 12.8. The Kier molecular flexibility index (Phi) is 4.85. The van der Waals surface area contributed by atoms with Gasteiger partial charge in [0.2, 0.25) is 0 Å². The van der Waals surface area contributed by atoms with Crippen LogP contribution in [0.2, 0.25) is 0 Å². The number of rotatable bonds is 4. The Morgan fingerprint density at radius 3 is 2.87 bits per heavy atom. The third-order valence-corrected chi connectivity index (χ3v) is 2.92. The molecule has 0 bridgehead atoms. The third kappa shape index (κ3) is 5.00. The molecule has 0 aliphatic rings. The third-order valence-electron chi connectivity index (χ3n) is 1.79. The van der Waals surface area contributed by atoms with Crippen molar-refractivity contribution in [2.75, 3.05) is 5.75 Å². The Morgan fingerprint density at radius 2 is 2.27 bits per heavy atom. The Hall–Kier alpha value is -0.800. The van der Waals surface area contributed by atoms with Gasteiger partial charge in [-0.25, -0.2) is 4.39 Å². The average Bonchev–Trinajstić information content (AvgIpc) is 2.14. The van der Waals surface area contributed by atoms with Gasteiger partial charge in [-0.05, 0) is 32.0 Å². The monoisotopic (exact) mass is 225 g/mol. The van der Waals surface area contributed by atoms with Gasteiger partial charge in [0.05, 0.1) is 0 Å². The highest BCUT2D eigenvalue weighted by Gasteiger charge is 2.01. The van der Waals surface area contributed by atoms with Gasteiger partial charge < -0.3 is 5.73 Å². The maximum Gasteiger partial charge on any atom is 0.124 e. The van der Waals surface area contributed by atoms with Crippen molar-refractivity contribution < 1.29 is 4.39 Å².